The van der Waals surface area contributed by atoms with Crippen molar-refractivity contribution in [1.82, 2.24) is 0 Å². The number of carbonyl (C=O) groups excluding carboxylic acids is 1. The topological polar surface area (TPSA) is 50.4 Å². The molecule has 0 unspecified atom stereocenters. The van der Waals surface area contributed by atoms with Crippen molar-refractivity contribution in [2.45, 2.75) is 13.8 Å². The Morgan fingerprint density at radius 2 is 2.18 bits per heavy atom. The predicted molar refractivity (Wildman–Crippen MR) is 68.9 cm³/mol. The van der Waals surface area contributed by atoms with Gasteiger partial charge in [0.25, 0.3) is 0 Å². The second kappa shape index (κ2) is 6.44. The summed E-state index contributed by atoms with van der Waals surface area (Å²) >= 11 is 3.09. The average molecular weight is 305 g/mol. The smallest absolute Gasteiger partial charge is 0.411 e. The van der Waals surface area contributed by atoms with Gasteiger partial charge in [-0.3, -0.25) is 5.32 Å². The van der Waals surface area contributed by atoms with Crippen LogP contribution >= 0.6 is 15.9 Å². The minimum absolute atomic E-state index is 0.245. The number of amides is 1. The first-order valence-corrected chi connectivity index (χ1v) is 6.05. The number of halogens is 2. The fraction of sp³-hybridized carbons (Fsp3) is 0.364. The average Bonchev–Trinajstić information content (AvgIpc) is 2.29. The second-order valence-corrected chi connectivity index (χ2v) is 4.01. The molecule has 0 saturated carbocycles. The highest BCUT2D eigenvalue weighted by Crippen LogP contribution is 2.30. The molecular weight excluding hydrogens is 291 g/mol. The van der Waals surface area contributed by atoms with Crippen LogP contribution in [0.1, 0.15) is 13.8 Å². The molecule has 0 saturated heterocycles. The van der Waals surface area contributed by atoms with E-state index in [1.807, 2.05) is 6.92 Å². The third kappa shape index (κ3) is 3.59. The lowest BCUT2D eigenvalue weighted by molar-refractivity contribution is 0.168. The molecule has 0 atom stereocenters. The molecule has 0 aromatic heterocycles. The largest absolute Gasteiger partial charge is 0.450 e. The Labute approximate surface area is 108 Å². The van der Waals surface area contributed by atoms with Gasteiger partial charge in [-0.05, 0) is 41.9 Å². The van der Waals surface area contributed by atoms with E-state index in [1.54, 1.807) is 13.0 Å². The summed E-state index contributed by atoms with van der Waals surface area (Å²) in [5, 5.41) is 5.34. The molecule has 1 aromatic carbocycles. The van der Waals surface area contributed by atoms with Crippen LogP contribution in [0.15, 0.2) is 16.6 Å². The van der Waals surface area contributed by atoms with Gasteiger partial charge in [0.2, 0.25) is 0 Å². The molecule has 0 heterocycles. The van der Waals surface area contributed by atoms with Crippen LogP contribution < -0.4 is 10.6 Å². The van der Waals surface area contributed by atoms with Crippen LogP contribution in [0.4, 0.5) is 20.6 Å². The summed E-state index contributed by atoms with van der Waals surface area (Å²) in [6.07, 6.45) is -0.603. The van der Waals surface area contributed by atoms with Gasteiger partial charge >= 0.3 is 6.09 Å². The van der Waals surface area contributed by atoms with E-state index in [1.165, 1.54) is 6.07 Å². The zero-order valence-electron chi connectivity index (χ0n) is 9.64. The fourth-order valence-corrected chi connectivity index (χ4v) is 1.61. The minimum Gasteiger partial charge on any atom is -0.450 e. The SMILES string of the molecule is CCNc1c(NC(=O)OCC)ccc(Br)c1F. The summed E-state index contributed by atoms with van der Waals surface area (Å²) in [6.45, 7) is 4.35. The highest BCUT2D eigenvalue weighted by atomic mass is 79.9. The van der Waals surface area contributed by atoms with Crippen molar-refractivity contribution < 1.29 is 13.9 Å². The summed E-state index contributed by atoms with van der Waals surface area (Å²) in [5.74, 6) is -0.443. The van der Waals surface area contributed by atoms with Crippen molar-refractivity contribution in [3.63, 3.8) is 0 Å². The molecule has 1 rings (SSSR count). The maximum Gasteiger partial charge on any atom is 0.411 e. The van der Waals surface area contributed by atoms with Gasteiger partial charge in [-0.15, -0.1) is 0 Å². The van der Waals surface area contributed by atoms with Gasteiger partial charge in [0, 0.05) is 6.54 Å². The first kappa shape index (κ1) is 13.8. The quantitative estimate of drug-likeness (QED) is 0.894. The number of ether oxygens (including phenoxy) is 1. The molecule has 0 aliphatic carbocycles. The van der Waals surface area contributed by atoms with Crippen LogP contribution in [0.5, 0.6) is 0 Å². The number of hydrogen-bond donors (Lipinski definition) is 2. The zero-order chi connectivity index (χ0) is 12.8. The van der Waals surface area contributed by atoms with Crippen molar-refractivity contribution in [2.24, 2.45) is 0 Å². The van der Waals surface area contributed by atoms with Crippen LogP contribution in [0.2, 0.25) is 0 Å². The minimum atomic E-state index is -0.603. The summed E-state index contributed by atoms with van der Waals surface area (Å²) in [6, 6.07) is 3.12. The van der Waals surface area contributed by atoms with E-state index in [9.17, 15) is 9.18 Å². The molecule has 94 valence electrons. The summed E-state index contributed by atoms with van der Waals surface area (Å²) < 4.78 is 18.9. The summed E-state index contributed by atoms with van der Waals surface area (Å²) in [5.41, 5.74) is 0.598. The van der Waals surface area contributed by atoms with Gasteiger partial charge < -0.3 is 10.1 Å². The maximum atomic E-state index is 13.8. The van der Waals surface area contributed by atoms with E-state index in [-0.39, 0.29) is 12.3 Å². The molecule has 2 N–H and O–H groups in total. The van der Waals surface area contributed by atoms with Gasteiger partial charge in [-0.25, -0.2) is 9.18 Å². The Balaban J connectivity index is 2.98. The van der Waals surface area contributed by atoms with Crippen LogP contribution in [0.25, 0.3) is 0 Å². The predicted octanol–water partition coefficient (Wildman–Crippen LogP) is 3.59. The second-order valence-electron chi connectivity index (χ2n) is 3.16. The molecule has 1 aromatic rings. The van der Waals surface area contributed by atoms with Gasteiger partial charge in [-0.1, -0.05) is 0 Å². The Hall–Kier alpha value is -1.30. The Kier molecular flexibility index (Phi) is 5.21. The number of hydrogen-bond acceptors (Lipinski definition) is 3. The molecule has 0 spiro atoms. The van der Waals surface area contributed by atoms with E-state index in [0.717, 1.165) is 0 Å². The first-order valence-electron chi connectivity index (χ1n) is 5.25. The standard InChI is InChI=1S/C11H14BrFN2O2/c1-3-14-10-8(15-11(16)17-4-2)6-5-7(12)9(10)13/h5-6,14H,3-4H2,1-2H3,(H,15,16). The van der Waals surface area contributed by atoms with E-state index >= 15 is 0 Å². The molecule has 6 heteroatoms. The molecule has 0 aliphatic heterocycles. The first-order chi connectivity index (χ1) is 8.10. The number of benzene rings is 1. The van der Waals surface area contributed by atoms with Gasteiger partial charge in [0.15, 0.2) is 5.82 Å². The monoisotopic (exact) mass is 304 g/mol. The normalized spacial score (nSPS) is 9.88. The fourth-order valence-electron chi connectivity index (χ4n) is 1.28. The lowest BCUT2D eigenvalue weighted by atomic mass is 10.2. The highest BCUT2D eigenvalue weighted by molar-refractivity contribution is 9.10. The third-order valence-electron chi connectivity index (χ3n) is 1.96. The maximum absolute atomic E-state index is 13.8. The van der Waals surface area contributed by atoms with Crippen molar-refractivity contribution in [3.05, 3.63) is 22.4 Å². The van der Waals surface area contributed by atoms with Crippen LogP contribution in [0.3, 0.4) is 0 Å². The zero-order valence-corrected chi connectivity index (χ0v) is 11.2. The lowest BCUT2D eigenvalue weighted by Crippen LogP contribution is -2.15. The number of rotatable bonds is 4. The van der Waals surface area contributed by atoms with Crippen LogP contribution in [-0.4, -0.2) is 19.2 Å². The van der Waals surface area contributed by atoms with Gasteiger partial charge in [0.05, 0.1) is 22.5 Å². The molecule has 17 heavy (non-hydrogen) atoms. The Morgan fingerprint density at radius 1 is 1.47 bits per heavy atom. The molecule has 0 aliphatic rings. The van der Waals surface area contributed by atoms with Gasteiger partial charge in [0.1, 0.15) is 0 Å². The van der Waals surface area contributed by atoms with Gasteiger partial charge in [-0.2, -0.15) is 0 Å². The molecule has 0 bridgehead atoms. The molecule has 0 fully saturated rings. The summed E-state index contributed by atoms with van der Waals surface area (Å²) in [7, 11) is 0. The number of nitrogens with one attached hydrogen (secondary N) is 2. The number of anilines is 2. The third-order valence-corrected chi connectivity index (χ3v) is 2.57. The molecule has 1 amide bonds. The van der Waals surface area contributed by atoms with E-state index in [0.29, 0.717) is 16.7 Å². The van der Waals surface area contributed by atoms with Crippen LogP contribution in [-0.2, 0) is 4.74 Å². The Morgan fingerprint density at radius 3 is 2.76 bits per heavy atom. The molecule has 0 radical (unpaired) electrons. The van der Waals surface area contributed by atoms with Crippen LogP contribution in [0, 0.1) is 5.82 Å². The van der Waals surface area contributed by atoms with Crippen molar-refractivity contribution in [1.29, 1.82) is 0 Å². The summed E-state index contributed by atoms with van der Waals surface area (Å²) in [4.78, 5) is 11.3. The molecule has 4 nitrogen and oxygen atoms in total. The van der Waals surface area contributed by atoms with E-state index in [2.05, 4.69) is 26.6 Å². The van der Waals surface area contributed by atoms with E-state index in [4.69, 9.17) is 4.74 Å². The van der Waals surface area contributed by atoms with E-state index < -0.39 is 11.9 Å². The van der Waals surface area contributed by atoms with Crippen molar-refractivity contribution in [2.75, 3.05) is 23.8 Å². The van der Waals surface area contributed by atoms with Crippen molar-refractivity contribution in [3.8, 4) is 0 Å². The number of carbonyl (C=O) groups is 1. The van der Waals surface area contributed by atoms with Crippen molar-refractivity contribution >= 4 is 33.4 Å². The lowest BCUT2D eigenvalue weighted by Gasteiger charge is -2.13. The molecular formula is C11H14BrFN2O2. The highest BCUT2D eigenvalue weighted by Gasteiger charge is 2.13. The Bertz CT molecular complexity index is 413.